The van der Waals surface area contributed by atoms with E-state index >= 15 is 0 Å². The maximum atomic E-state index is 14.5. The zero-order valence-electron chi connectivity index (χ0n) is 15.4. The van der Waals surface area contributed by atoms with Crippen LogP contribution >= 0.6 is 0 Å². The topological polar surface area (TPSA) is 46.1 Å². The molecule has 3 aromatic rings. The number of carbonyl (C=O) groups excluding carboxylic acids is 1. The van der Waals surface area contributed by atoms with Gasteiger partial charge in [-0.3, -0.25) is 4.79 Å². The third kappa shape index (κ3) is 3.85. The fraction of sp³-hybridized carbons (Fsp3) is 0.286. The van der Waals surface area contributed by atoms with E-state index < -0.39 is 35.6 Å². The molecular weight excluding hydrogens is 386 g/mol. The molecule has 152 valence electrons. The number of benzene rings is 2. The van der Waals surface area contributed by atoms with Crippen molar-refractivity contribution >= 4 is 16.8 Å². The first-order valence-electron chi connectivity index (χ1n) is 9.31. The highest BCUT2D eigenvalue weighted by atomic mass is 19.2. The van der Waals surface area contributed by atoms with Crippen molar-refractivity contribution in [2.24, 2.45) is 0 Å². The molecule has 2 atom stereocenters. The lowest BCUT2D eigenvalue weighted by molar-refractivity contribution is 0.0893. The number of halogens is 4. The number of amides is 1. The van der Waals surface area contributed by atoms with E-state index in [-0.39, 0.29) is 24.0 Å². The fourth-order valence-electron chi connectivity index (χ4n) is 3.68. The van der Waals surface area contributed by atoms with Crippen molar-refractivity contribution in [2.45, 2.75) is 25.2 Å². The second-order valence-corrected chi connectivity index (χ2v) is 7.14. The summed E-state index contributed by atoms with van der Waals surface area (Å²) in [6.07, 6.45) is 0.662. The lowest BCUT2D eigenvalue weighted by atomic mass is 10.0. The van der Waals surface area contributed by atoms with Gasteiger partial charge in [-0.1, -0.05) is 12.1 Å². The number of hydrogen-bond acceptors (Lipinski definition) is 2. The minimum atomic E-state index is -1.23. The summed E-state index contributed by atoms with van der Waals surface area (Å²) in [7, 11) is 0. The Balaban J connectivity index is 1.69. The van der Waals surface area contributed by atoms with Crippen LogP contribution in [0.2, 0.25) is 0 Å². The summed E-state index contributed by atoms with van der Waals surface area (Å²) in [4.78, 5) is 12.8. The number of nitrogens with zero attached hydrogens (tertiary/aromatic N) is 1. The molecule has 29 heavy (non-hydrogen) atoms. The van der Waals surface area contributed by atoms with Crippen molar-refractivity contribution in [1.82, 2.24) is 15.2 Å². The average molecular weight is 405 g/mol. The van der Waals surface area contributed by atoms with Gasteiger partial charge < -0.3 is 15.2 Å². The van der Waals surface area contributed by atoms with Crippen molar-refractivity contribution in [3.8, 4) is 0 Å². The number of rotatable bonds is 4. The van der Waals surface area contributed by atoms with Gasteiger partial charge in [-0.2, -0.15) is 0 Å². The first kappa shape index (κ1) is 19.4. The molecule has 1 fully saturated rings. The van der Waals surface area contributed by atoms with Crippen LogP contribution in [0.15, 0.2) is 42.6 Å². The highest BCUT2D eigenvalue weighted by Gasteiger charge is 2.28. The third-order valence-electron chi connectivity index (χ3n) is 5.16. The molecule has 0 unspecified atom stereocenters. The van der Waals surface area contributed by atoms with Crippen LogP contribution in [0.1, 0.15) is 22.3 Å². The van der Waals surface area contributed by atoms with E-state index in [1.807, 2.05) is 0 Å². The lowest BCUT2D eigenvalue weighted by Gasteiger charge is -2.27. The molecule has 4 rings (SSSR count). The number of hydrogen-bond donors (Lipinski definition) is 2. The normalized spacial score (nSPS) is 19.4. The Morgan fingerprint density at radius 1 is 1.14 bits per heavy atom. The number of carbonyl (C=O) groups is 1. The van der Waals surface area contributed by atoms with E-state index in [0.717, 1.165) is 12.1 Å². The molecule has 2 aromatic carbocycles. The summed E-state index contributed by atoms with van der Waals surface area (Å²) in [5, 5.41) is 5.67. The van der Waals surface area contributed by atoms with E-state index in [1.165, 1.54) is 24.4 Å². The van der Waals surface area contributed by atoms with E-state index in [4.69, 9.17) is 0 Å². The molecule has 0 saturated carbocycles. The molecule has 0 aliphatic carbocycles. The van der Waals surface area contributed by atoms with Crippen molar-refractivity contribution in [2.75, 3.05) is 13.1 Å². The Kier molecular flexibility index (Phi) is 5.27. The summed E-state index contributed by atoms with van der Waals surface area (Å²) >= 11 is 0. The van der Waals surface area contributed by atoms with E-state index in [1.54, 1.807) is 10.6 Å². The van der Waals surface area contributed by atoms with E-state index in [2.05, 4.69) is 10.6 Å². The Morgan fingerprint density at radius 3 is 2.72 bits per heavy atom. The predicted octanol–water partition coefficient (Wildman–Crippen LogP) is 3.54. The van der Waals surface area contributed by atoms with Gasteiger partial charge in [-0.25, -0.2) is 17.6 Å². The van der Waals surface area contributed by atoms with Crippen molar-refractivity contribution < 1.29 is 22.4 Å². The summed E-state index contributed by atoms with van der Waals surface area (Å²) in [6, 6.07) is 7.23. The molecule has 1 saturated heterocycles. The Bertz CT molecular complexity index is 1070. The van der Waals surface area contributed by atoms with Crippen LogP contribution < -0.4 is 10.6 Å². The maximum absolute atomic E-state index is 14.5. The molecule has 1 amide bonds. The summed E-state index contributed by atoms with van der Waals surface area (Å²) < 4.78 is 56.9. The fourth-order valence-corrected chi connectivity index (χ4v) is 3.68. The van der Waals surface area contributed by atoms with Crippen LogP contribution in [-0.2, 0) is 6.54 Å². The molecule has 1 aliphatic heterocycles. The first-order valence-corrected chi connectivity index (χ1v) is 9.31. The van der Waals surface area contributed by atoms with Gasteiger partial charge in [0.1, 0.15) is 12.0 Å². The summed E-state index contributed by atoms with van der Waals surface area (Å²) in [5.74, 6) is -3.10. The van der Waals surface area contributed by atoms with Gasteiger partial charge in [0, 0.05) is 24.7 Å². The second-order valence-electron chi connectivity index (χ2n) is 7.14. The van der Waals surface area contributed by atoms with Gasteiger partial charge in [0.2, 0.25) is 0 Å². The van der Waals surface area contributed by atoms with Crippen LogP contribution in [-0.4, -0.2) is 35.8 Å². The highest BCUT2D eigenvalue weighted by molar-refractivity contribution is 6.07. The number of fused-ring (bicyclic) bond motifs is 1. The number of alkyl halides is 1. The highest BCUT2D eigenvalue weighted by Crippen LogP contribution is 2.26. The molecule has 8 heteroatoms. The molecule has 4 nitrogen and oxygen atoms in total. The van der Waals surface area contributed by atoms with Crippen LogP contribution in [0.25, 0.3) is 10.9 Å². The smallest absolute Gasteiger partial charge is 0.253 e. The van der Waals surface area contributed by atoms with Gasteiger partial charge in [-0.15, -0.1) is 0 Å². The molecule has 2 N–H and O–H groups in total. The van der Waals surface area contributed by atoms with Gasteiger partial charge in [0.25, 0.3) is 5.91 Å². The van der Waals surface area contributed by atoms with Crippen molar-refractivity contribution in [3.63, 3.8) is 0 Å². The molecule has 1 aromatic heterocycles. The maximum Gasteiger partial charge on any atom is 0.253 e. The molecule has 2 heterocycles. The monoisotopic (exact) mass is 405 g/mol. The average Bonchev–Trinajstić information content (AvgIpc) is 3.06. The standard InChI is InChI=1S/C21H19F4N3O/c22-14-5-4-12(8-16(14)24)10-28-11-13(20-15(23)2-1-3-19(20)28)21(29)27-18-6-7-26-9-17(18)25/h1-5,8,11,17-18,26H,6-7,9-10H2,(H,27,29)/t17-,18+/m1/s1. The Labute approximate surface area is 164 Å². The minimum absolute atomic E-state index is 0.0754. The lowest BCUT2D eigenvalue weighted by Crippen LogP contribution is -2.50. The predicted molar refractivity (Wildman–Crippen MR) is 101 cm³/mol. The van der Waals surface area contributed by atoms with Gasteiger partial charge in [0.05, 0.1) is 17.1 Å². The summed E-state index contributed by atoms with van der Waals surface area (Å²) in [5.41, 5.74) is 0.965. The van der Waals surface area contributed by atoms with Crippen molar-refractivity contribution in [3.05, 3.63) is 71.2 Å². The van der Waals surface area contributed by atoms with Crippen molar-refractivity contribution in [1.29, 1.82) is 0 Å². The molecule has 0 bridgehead atoms. The minimum Gasteiger partial charge on any atom is -0.346 e. The number of aromatic nitrogens is 1. The zero-order chi connectivity index (χ0) is 20.5. The third-order valence-corrected chi connectivity index (χ3v) is 5.16. The molecular formula is C21H19F4N3O. The summed E-state index contributed by atoms with van der Waals surface area (Å²) in [6.45, 7) is 0.846. The first-order chi connectivity index (χ1) is 13.9. The van der Waals surface area contributed by atoms with Crippen LogP contribution in [0.3, 0.4) is 0 Å². The van der Waals surface area contributed by atoms with Crippen LogP contribution in [0.5, 0.6) is 0 Å². The van der Waals surface area contributed by atoms with Gasteiger partial charge in [-0.05, 0) is 42.8 Å². The van der Waals surface area contributed by atoms with Gasteiger partial charge >= 0.3 is 0 Å². The SMILES string of the molecule is O=C(N[C@H]1CCNC[C@H]1F)c1cn(Cc2ccc(F)c(F)c2)c2cccc(F)c12. The van der Waals surface area contributed by atoms with E-state index in [9.17, 15) is 22.4 Å². The Morgan fingerprint density at radius 2 is 1.97 bits per heavy atom. The van der Waals surface area contributed by atoms with E-state index in [0.29, 0.717) is 24.0 Å². The number of nitrogens with one attached hydrogen (secondary N) is 2. The second kappa shape index (κ2) is 7.87. The largest absolute Gasteiger partial charge is 0.346 e. The molecule has 0 spiro atoms. The van der Waals surface area contributed by atoms with Crippen LogP contribution in [0.4, 0.5) is 17.6 Å². The molecule has 1 aliphatic rings. The number of piperidine rings is 1. The van der Waals surface area contributed by atoms with Gasteiger partial charge in [0.15, 0.2) is 11.6 Å². The quantitative estimate of drug-likeness (QED) is 0.653. The molecule has 0 radical (unpaired) electrons. The zero-order valence-corrected chi connectivity index (χ0v) is 15.4. The Hall–Kier alpha value is -2.87. The van der Waals surface area contributed by atoms with Crippen LogP contribution in [0, 0.1) is 17.5 Å².